The highest BCUT2D eigenvalue weighted by molar-refractivity contribution is 5.44. The Morgan fingerprint density at radius 3 is 2.62 bits per heavy atom. The normalized spacial score (nSPS) is 17.7. The standard InChI is InChI=1S/C15H22N4O2/c1-12(2)10-18-5-7-19(8-6-18)11-14-16-15(17-21-14)13-4-3-9-20-13/h3-4,9,12H,5-8,10-11H2,1-2H3. The van der Waals surface area contributed by atoms with Crippen LogP contribution in [0.1, 0.15) is 19.7 Å². The van der Waals surface area contributed by atoms with Crippen molar-refractivity contribution < 1.29 is 8.94 Å². The van der Waals surface area contributed by atoms with Gasteiger partial charge in [-0.15, -0.1) is 0 Å². The molecule has 2 aromatic rings. The van der Waals surface area contributed by atoms with Crippen LogP contribution in [0.2, 0.25) is 0 Å². The lowest BCUT2D eigenvalue weighted by molar-refractivity contribution is 0.108. The van der Waals surface area contributed by atoms with E-state index in [9.17, 15) is 0 Å². The van der Waals surface area contributed by atoms with E-state index in [1.54, 1.807) is 6.26 Å². The summed E-state index contributed by atoms with van der Waals surface area (Å²) in [6.07, 6.45) is 1.61. The van der Waals surface area contributed by atoms with E-state index in [4.69, 9.17) is 8.94 Å². The molecule has 1 aliphatic heterocycles. The topological polar surface area (TPSA) is 58.5 Å². The predicted molar refractivity (Wildman–Crippen MR) is 78.6 cm³/mol. The maximum absolute atomic E-state index is 5.31. The Balaban J connectivity index is 1.52. The van der Waals surface area contributed by atoms with Gasteiger partial charge in [-0.1, -0.05) is 19.0 Å². The van der Waals surface area contributed by atoms with E-state index in [0.29, 0.717) is 24.0 Å². The Labute approximate surface area is 124 Å². The maximum Gasteiger partial charge on any atom is 0.241 e. The molecule has 6 nitrogen and oxygen atoms in total. The summed E-state index contributed by atoms with van der Waals surface area (Å²) in [6, 6.07) is 3.65. The van der Waals surface area contributed by atoms with Crippen LogP contribution in [0, 0.1) is 5.92 Å². The SMILES string of the molecule is CC(C)CN1CCN(Cc2nc(-c3ccco3)no2)CC1. The summed E-state index contributed by atoms with van der Waals surface area (Å²) >= 11 is 0. The van der Waals surface area contributed by atoms with Gasteiger partial charge in [-0.3, -0.25) is 4.90 Å². The lowest BCUT2D eigenvalue weighted by Gasteiger charge is -2.34. The average Bonchev–Trinajstić information content (AvgIpc) is 3.11. The Morgan fingerprint density at radius 1 is 1.19 bits per heavy atom. The Morgan fingerprint density at radius 2 is 1.95 bits per heavy atom. The quantitative estimate of drug-likeness (QED) is 0.840. The second kappa shape index (κ2) is 6.41. The van der Waals surface area contributed by atoms with E-state index < -0.39 is 0 Å². The second-order valence-electron chi connectivity index (χ2n) is 5.96. The molecule has 0 radical (unpaired) electrons. The van der Waals surface area contributed by atoms with Crippen LogP contribution in [0.3, 0.4) is 0 Å². The summed E-state index contributed by atoms with van der Waals surface area (Å²) in [5, 5.41) is 3.96. The van der Waals surface area contributed by atoms with Gasteiger partial charge in [0.2, 0.25) is 11.7 Å². The fourth-order valence-corrected chi connectivity index (χ4v) is 2.66. The van der Waals surface area contributed by atoms with Crippen LogP contribution >= 0.6 is 0 Å². The lowest BCUT2D eigenvalue weighted by atomic mass is 10.2. The van der Waals surface area contributed by atoms with E-state index in [0.717, 1.165) is 32.1 Å². The number of piperazine rings is 1. The van der Waals surface area contributed by atoms with Crippen molar-refractivity contribution in [2.24, 2.45) is 5.92 Å². The van der Waals surface area contributed by atoms with Gasteiger partial charge in [0.1, 0.15) is 0 Å². The van der Waals surface area contributed by atoms with Crippen molar-refractivity contribution in [3.63, 3.8) is 0 Å². The van der Waals surface area contributed by atoms with Crippen LogP contribution in [-0.4, -0.2) is 52.7 Å². The molecule has 1 fully saturated rings. The van der Waals surface area contributed by atoms with Gasteiger partial charge in [0.05, 0.1) is 12.8 Å². The minimum absolute atomic E-state index is 0.522. The zero-order valence-electron chi connectivity index (χ0n) is 12.7. The molecule has 3 heterocycles. The highest BCUT2D eigenvalue weighted by Gasteiger charge is 2.20. The summed E-state index contributed by atoms with van der Waals surface area (Å²) < 4.78 is 10.6. The summed E-state index contributed by atoms with van der Waals surface area (Å²) in [5.74, 6) is 2.54. The van der Waals surface area contributed by atoms with Crippen molar-refractivity contribution in [1.82, 2.24) is 19.9 Å². The summed E-state index contributed by atoms with van der Waals surface area (Å²) in [4.78, 5) is 9.26. The third-order valence-corrected chi connectivity index (χ3v) is 3.66. The monoisotopic (exact) mass is 290 g/mol. The number of furan rings is 1. The van der Waals surface area contributed by atoms with Gasteiger partial charge >= 0.3 is 0 Å². The van der Waals surface area contributed by atoms with E-state index >= 15 is 0 Å². The largest absolute Gasteiger partial charge is 0.461 e. The van der Waals surface area contributed by atoms with Gasteiger partial charge in [-0.25, -0.2) is 0 Å². The summed E-state index contributed by atoms with van der Waals surface area (Å²) in [5.41, 5.74) is 0. The van der Waals surface area contributed by atoms with Crippen molar-refractivity contribution in [3.8, 4) is 11.6 Å². The molecule has 0 aromatic carbocycles. The third-order valence-electron chi connectivity index (χ3n) is 3.66. The van der Waals surface area contributed by atoms with Crippen LogP contribution in [0.15, 0.2) is 27.3 Å². The van der Waals surface area contributed by atoms with Crippen molar-refractivity contribution in [1.29, 1.82) is 0 Å². The molecule has 0 bridgehead atoms. The number of hydrogen-bond donors (Lipinski definition) is 0. The van der Waals surface area contributed by atoms with E-state index in [1.807, 2.05) is 12.1 Å². The molecule has 0 saturated carbocycles. The molecule has 6 heteroatoms. The Bertz CT molecular complexity index is 542. The van der Waals surface area contributed by atoms with E-state index in [2.05, 4.69) is 33.8 Å². The van der Waals surface area contributed by atoms with Crippen molar-refractivity contribution in [2.45, 2.75) is 20.4 Å². The highest BCUT2D eigenvalue weighted by Crippen LogP contribution is 2.17. The second-order valence-corrected chi connectivity index (χ2v) is 5.96. The molecule has 0 N–H and O–H groups in total. The highest BCUT2D eigenvalue weighted by atomic mass is 16.5. The molecular formula is C15H22N4O2. The van der Waals surface area contributed by atoms with E-state index in [-0.39, 0.29) is 0 Å². The Hall–Kier alpha value is -1.66. The fraction of sp³-hybridized carbons (Fsp3) is 0.600. The zero-order chi connectivity index (χ0) is 14.7. The summed E-state index contributed by atoms with van der Waals surface area (Å²) in [6.45, 7) is 10.7. The van der Waals surface area contributed by atoms with Gasteiger partial charge in [0, 0.05) is 32.7 Å². The number of rotatable bonds is 5. The zero-order valence-corrected chi connectivity index (χ0v) is 12.7. The van der Waals surface area contributed by atoms with Crippen molar-refractivity contribution in [3.05, 3.63) is 24.3 Å². The van der Waals surface area contributed by atoms with Crippen molar-refractivity contribution >= 4 is 0 Å². The van der Waals surface area contributed by atoms with Crippen LogP contribution in [0.5, 0.6) is 0 Å². The van der Waals surface area contributed by atoms with Gasteiger partial charge in [0.15, 0.2) is 5.76 Å². The first-order valence-electron chi connectivity index (χ1n) is 7.52. The fourth-order valence-electron chi connectivity index (χ4n) is 2.66. The first kappa shape index (κ1) is 14.3. The number of aromatic nitrogens is 2. The molecule has 0 amide bonds. The molecule has 0 atom stereocenters. The Kier molecular flexibility index (Phi) is 4.36. The van der Waals surface area contributed by atoms with Crippen LogP contribution in [0.25, 0.3) is 11.6 Å². The van der Waals surface area contributed by atoms with Gasteiger partial charge in [-0.2, -0.15) is 4.98 Å². The van der Waals surface area contributed by atoms with Gasteiger partial charge in [-0.05, 0) is 18.1 Å². The van der Waals surface area contributed by atoms with Gasteiger partial charge in [0.25, 0.3) is 0 Å². The molecule has 2 aromatic heterocycles. The van der Waals surface area contributed by atoms with Crippen molar-refractivity contribution in [2.75, 3.05) is 32.7 Å². The molecule has 1 saturated heterocycles. The minimum Gasteiger partial charge on any atom is -0.461 e. The lowest BCUT2D eigenvalue weighted by Crippen LogP contribution is -2.46. The van der Waals surface area contributed by atoms with Gasteiger partial charge < -0.3 is 13.8 Å². The molecule has 114 valence electrons. The first-order valence-corrected chi connectivity index (χ1v) is 7.52. The van der Waals surface area contributed by atoms with Crippen LogP contribution < -0.4 is 0 Å². The van der Waals surface area contributed by atoms with E-state index in [1.165, 1.54) is 6.54 Å². The number of hydrogen-bond acceptors (Lipinski definition) is 6. The molecule has 0 aliphatic carbocycles. The minimum atomic E-state index is 0.522. The molecule has 21 heavy (non-hydrogen) atoms. The molecular weight excluding hydrogens is 268 g/mol. The number of nitrogens with zero attached hydrogens (tertiary/aromatic N) is 4. The average molecular weight is 290 g/mol. The van der Waals surface area contributed by atoms with Crippen LogP contribution in [0.4, 0.5) is 0 Å². The molecule has 3 rings (SSSR count). The first-order chi connectivity index (χ1) is 10.2. The third kappa shape index (κ3) is 3.71. The molecule has 0 spiro atoms. The van der Waals surface area contributed by atoms with Crippen LogP contribution in [-0.2, 0) is 6.54 Å². The summed E-state index contributed by atoms with van der Waals surface area (Å²) in [7, 11) is 0. The maximum atomic E-state index is 5.31. The molecule has 1 aliphatic rings. The smallest absolute Gasteiger partial charge is 0.241 e. The predicted octanol–water partition coefficient (Wildman–Crippen LogP) is 2.10. The molecule has 0 unspecified atom stereocenters.